The van der Waals surface area contributed by atoms with E-state index in [-0.39, 0.29) is 12.5 Å². The molecule has 1 N–H and O–H groups in total. The van der Waals surface area contributed by atoms with Crippen LogP contribution >= 0.6 is 0 Å². The van der Waals surface area contributed by atoms with Crippen LogP contribution in [0.4, 0.5) is 0 Å². The lowest BCUT2D eigenvalue weighted by molar-refractivity contribution is -0.136. The smallest absolute Gasteiger partial charge is 0.260 e. The number of aliphatic hydroxyl groups is 1. The largest absolute Gasteiger partial charge is 0.484 e. The molecule has 0 saturated carbocycles. The Hall–Kier alpha value is -1.55. The second-order valence-electron chi connectivity index (χ2n) is 7.12. The van der Waals surface area contributed by atoms with E-state index in [4.69, 9.17) is 4.74 Å². The Labute approximate surface area is 133 Å². The Morgan fingerprint density at radius 1 is 1.23 bits per heavy atom. The molecule has 1 fully saturated rings. The molecule has 1 aromatic carbocycles. The molecule has 1 aromatic rings. The molecular weight excluding hydrogens is 278 g/mol. The third-order valence-electron chi connectivity index (χ3n) is 4.14. The summed E-state index contributed by atoms with van der Waals surface area (Å²) in [5.41, 5.74) is -0.0427. The van der Waals surface area contributed by atoms with E-state index in [0.717, 1.165) is 18.7 Å². The minimum absolute atomic E-state index is 0.0463. The molecule has 1 saturated heterocycles. The number of ether oxygens (including phenoxy) is 1. The highest BCUT2D eigenvalue weighted by molar-refractivity contribution is 5.77. The first-order chi connectivity index (χ1) is 10.3. The molecule has 1 amide bonds. The number of hydrogen-bond donors (Lipinski definition) is 1. The van der Waals surface area contributed by atoms with Crippen LogP contribution in [0.3, 0.4) is 0 Å². The average Bonchev–Trinajstić information content (AvgIpc) is 2.43. The third kappa shape index (κ3) is 4.47. The first kappa shape index (κ1) is 16.8. The molecule has 4 heteroatoms. The number of carbonyl (C=O) groups is 1. The maximum absolute atomic E-state index is 12.2. The topological polar surface area (TPSA) is 49.8 Å². The monoisotopic (exact) mass is 305 g/mol. The van der Waals surface area contributed by atoms with Crippen LogP contribution in [0.15, 0.2) is 24.3 Å². The Balaban J connectivity index is 1.88. The van der Waals surface area contributed by atoms with E-state index < -0.39 is 5.60 Å². The summed E-state index contributed by atoms with van der Waals surface area (Å²) in [5, 5.41) is 9.92. The van der Waals surface area contributed by atoms with E-state index >= 15 is 0 Å². The molecule has 1 aliphatic rings. The van der Waals surface area contributed by atoms with Crippen LogP contribution < -0.4 is 4.74 Å². The molecule has 22 heavy (non-hydrogen) atoms. The van der Waals surface area contributed by atoms with Crippen molar-refractivity contribution in [1.29, 1.82) is 0 Å². The predicted molar refractivity (Wildman–Crippen MR) is 86.7 cm³/mol. The second-order valence-corrected chi connectivity index (χ2v) is 7.12. The number of hydrogen-bond acceptors (Lipinski definition) is 3. The van der Waals surface area contributed by atoms with Crippen molar-refractivity contribution in [2.45, 2.75) is 39.7 Å². The highest BCUT2D eigenvalue weighted by Crippen LogP contribution is 2.23. The van der Waals surface area contributed by atoms with Crippen LogP contribution in [0.1, 0.15) is 39.7 Å². The Kier molecular flexibility index (Phi) is 5.12. The fourth-order valence-corrected chi connectivity index (χ4v) is 3.06. The van der Waals surface area contributed by atoms with Gasteiger partial charge in [0, 0.05) is 13.1 Å². The van der Waals surface area contributed by atoms with Crippen molar-refractivity contribution >= 4 is 5.91 Å². The van der Waals surface area contributed by atoms with Gasteiger partial charge >= 0.3 is 0 Å². The summed E-state index contributed by atoms with van der Waals surface area (Å²) in [6.45, 7) is 9.57. The van der Waals surface area contributed by atoms with Gasteiger partial charge in [0.15, 0.2) is 6.61 Å². The molecule has 122 valence electrons. The summed E-state index contributed by atoms with van der Waals surface area (Å²) in [7, 11) is 0. The van der Waals surface area contributed by atoms with Gasteiger partial charge in [0.25, 0.3) is 5.91 Å². The molecular formula is C18H27NO3. The molecule has 0 aliphatic carbocycles. The fraction of sp³-hybridized carbons (Fsp3) is 0.611. The third-order valence-corrected chi connectivity index (χ3v) is 4.14. The van der Waals surface area contributed by atoms with Crippen molar-refractivity contribution in [3.63, 3.8) is 0 Å². The quantitative estimate of drug-likeness (QED) is 0.930. The summed E-state index contributed by atoms with van der Waals surface area (Å²) in [6.07, 6.45) is 1.18. The number of piperidine rings is 1. The van der Waals surface area contributed by atoms with Crippen molar-refractivity contribution in [3.05, 3.63) is 29.8 Å². The summed E-state index contributed by atoms with van der Waals surface area (Å²) in [6, 6.07) is 7.24. The van der Waals surface area contributed by atoms with Gasteiger partial charge in [-0.2, -0.15) is 0 Å². The SMILES string of the molecule is CC1CC(C)CN(C(=O)COc2ccc(C(C)(C)O)cc2)C1. The van der Waals surface area contributed by atoms with Crippen molar-refractivity contribution in [3.8, 4) is 5.75 Å². The van der Waals surface area contributed by atoms with Crippen molar-refractivity contribution in [2.75, 3.05) is 19.7 Å². The molecule has 1 heterocycles. The first-order valence-electron chi connectivity index (χ1n) is 7.99. The van der Waals surface area contributed by atoms with Gasteiger partial charge in [0.2, 0.25) is 0 Å². The normalized spacial score (nSPS) is 22.5. The molecule has 2 rings (SSSR count). The first-order valence-corrected chi connectivity index (χ1v) is 7.99. The Morgan fingerprint density at radius 3 is 2.27 bits per heavy atom. The van der Waals surface area contributed by atoms with Crippen molar-refractivity contribution < 1.29 is 14.6 Å². The van der Waals surface area contributed by atoms with Crippen LogP contribution in [0.5, 0.6) is 5.75 Å². The Bertz CT molecular complexity index is 494. The van der Waals surface area contributed by atoms with Crippen LogP contribution in [0.25, 0.3) is 0 Å². The lowest BCUT2D eigenvalue weighted by atomic mass is 9.92. The number of carbonyl (C=O) groups excluding carboxylic acids is 1. The van der Waals surface area contributed by atoms with E-state index in [9.17, 15) is 9.90 Å². The van der Waals surface area contributed by atoms with E-state index in [2.05, 4.69) is 13.8 Å². The van der Waals surface area contributed by atoms with Gasteiger partial charge in [-0.15, -0.1) is 0 Å². The van der Waals surface area contributed by atoms with E-state index in [1.807, 2.05) is 17.0 Å². The standard InChI is InChI=1S/C18H27NO3/c1-13-9-14(2)11-19(10-13)17(20)12-22-16-7-5-15(6-8-16)18(3,4)21/h5-8,13-14,21H,9-12H2,1-4H3. The minimum atomic E-state index is -0.867. The number of rotatable bonds is 4. The second kappa shape index (κ2) is 6.69. The highest BCUT2D eigenvalue weighted by Gasteiger charge is 2.25. The fourth-order valence-electron chi connectivity index (χ4n) is 3.06. The summed E-state index contributed by atoms with van der Waals surface area (Å²) in [5.74, 6) is 1.81. The predicted octanol–water partition coefficient (Wildman–Crippen LogP) is 2.80. The number of amides is 1. The van der Waals surface area contributed by atoms with Crippen molar-refractivity contribution in [1.82, 2.24) is 4.90 Å². The van der Waals surface area contributed by atoms with Gasteiger partial charge in [-0.05, 0) is 49.8 Å². The van der Waals surface area contributed by atoms with Gasteiger partial charge in [-0.1, -0.05) is 26.0 Å². The van der Waals surface area contributed by atoms with E-state index in [0.29, 0.717) is 17.6 Å². The lowest BCUT2D eigenvalue weighted by Crippen LogP contribution is -2.44. The molecule has 0 spiro atoms. The van der Waals surface area contributed by atoms with Gasteiger partial charge in [0.05, 0.1) is 5.60 Å². The zero-order valence-corrected chi connectivity index (χ0v) is 14.0. The molecule has 0 radical (unpaired) electrons. The number of nitrogens with zero attached hydrogens (tertiary/aromatic N) is 1. The summed E-state index contributed by atoms with van der Waals surface area (Å²) >= 11 is 0. The van der Waals surface area contributed by atoms with Crippen LogP contribution in [-0.2, 0) is 10.4 Å². The van der Waals surface area contributed by atoms with Gasteiger partial charge in [-0.25, -0.2) is 0 Å². The van der Waals surface area contributed by atoms with Gasteiger partial charge in [-0.3, -0.25) is 4.79 Å². The molecule has 4 nitrogen and oxygen atoms in total. The van der Waals surface area contributed by atoms with Gasteiger partial charge < -0.3 is 14.7 Å². The number of likely N-dealkylation sites (tertiary alicyclic amines) is 1. The zero-order chi connectivity index (χ0) is 16.3. The molecule has 2 atom stereocenters. The molecule has 0 aromatic heterocycles. The molecule has 0 bridgehead atoms. The average molecular weight is 305 g/mol. The summed E-state index contributed by atoms with van der Waals surface area (Å²) < 4.78 is 5.59. The van der Waals surface area contributed by atoms with Crippen LogP contribution in [0, 0.1) is 11.8 Å². The highest BCUT2D eigenvalue weighted by atomic mass is 16.5. The Morgan fingerprint density at radius 2 is 1.77 bits per heavy atom. The van der Waals surface area contributed by atoms with Crippen LogP contribution in [0.2, 0.25) is 0 Å². The van der Waals surface area contributed by atoms with Crippen LogP contribution in [-0.4, -0.2) is 35.6 Å². The van der Waals surface area contributed by atoms with E-state index in [1.165, 1.54) is 6.42 Å². The number of benzene rings is 1. The molecule has 1 aliphatic heterocycles. The maximum Gasteiger partial charge on any atom is 0.260 e. The lowest BCUT2D eigenvalue weighted by Gasteiger charge is -2.34. The van der Waals surface area contributed by atoms with E-state index in [1.54, 1.807) is 26.0 Å². The summed E-state index contributed by atoms with van der Waals surface area (Å²) in [4.78, 5) is 14.2. The van der Waals surface area contributed by atoms with Crippen molar-refractivity contribution in [2.24, 2.45) is 11.8 Å². The maximum atomic E-state index is 12.2. The zero-order valence-electron chi connectivity index (χ0n) is 14.0. The minimum Gasteiger partial charge on any atom is -0.484 e. The van der Waals surface area contributed by atoms with Gasteiger partial charge in [0.1, 0.15) is 5.75 Å². The molecule has 2 unspecified atom stereocenters.